The first-order valence-electron chi connectivity index (χ1n) is 2.92. The van der Waals surface area contributed by atoms with Crippen LogP contribution < -0.4 is 5.73 Å². The minimum atomic E-state index is -4.59. The smallest absolute Gasteiger partial charge is 0.147 e. The van der Waals surface area contributed by atoms with Crippen LogP contribution in [0.5, 0.6) is 0 Å². The Morgan fingerprint density at radius 2 is 2.00 bits per heavy atom. The second-order valence-corrected chi connectivity index (χ2v) is 3.52. The van der Waals surface area contributed by atoms with Crippen LogP contribution >= 0.6 is 0 Å². The molecule has 1 aromatic rings. The van der Waals surface area contributed by atoms with E-state index in [0.29, 0.717) is 6.07 Å². The van der Waals surface area contributed by atoms with Crippen molar-refractivity contribution < 1.29 is 17.4 Å². The fourth-order valence-corrected chi connectivity index (χ4v) is 1.15. The molecule has 0 aromatic heterocycles. The fraction of sp³-hybridized carbons (Fsp3) is 0. The summed E-state index contributed by atoms with van der Waals surface area (Å²) in [5.74, 6) is -0.910. The topological polar surface area (TPSA) is 83.2 Å². The van der Waals surface area contributed by atoms with Crippen molar-refractivity contribution in [3.05, 3.63) is 24.0 Å². The molecule has 0 heterocycles. The van der Waals surface area contributed by atoms with E-state index in [1.807, 2.05) is 0 Å². The van der Waals surface area contributed by atoms with Gasteiger partial charge >= 0.3 is 0 Å². The van der Waals surface area contributed by atoms with Crippen molar-refractivity contribution in [3.63, 3.8) is 0 Å². The molecule has 0 unspecified atom stereocenters. The van der Waals surface area contributed by atoms with Crippen molar-refractivity contribution in [1.29, 1.82) is 0 Å². The van der Waals surface area contributed by atoms with Gasteiger partial charge in [-0.15, -0.1) is 0 Å². The number of anilines is 1. The lowest BCUT2D eigenvalue weighted by Crippen LogP contribution is -2.00. The molecule has 6 heteroatoms. The second kappa shape index (κ2) is 2.72. The maximum Gasteiger partial charge on any atom is 0.147 e. The van der Waals surface area contributed by atoms with Gasteiger partial charge in [-0.25, -0.2) is 12.8 Å². The first-order chi connectivity index (χ1) is 5.41. The molecule has 0 radical (unpaired) electrons. The zero-order valence-corrected chi connectivity index (χ0v) is 6.64. The Morgan fingerprint density at radius 1 is 1.42 bits per heavy atom. The van der Waals surface area contributed by atoms with Crippen LogP contribution in [0, 0.1) is 5.82 Å². The van der Waals surface area contributed by atoms with Crippen molar-refractivity contribution in [2.45, 2.75) is 4.90 Å². The molecule has 0 amide bonds. The molecule has 1 aromatic carbocycles. The van der Waals surface area contributed by atoms with Gasteiger partial charge in [0.15, 0.2) is 0 Å². The Morgan fingerprint density at radius 3 is 2.42 bits per heavy atom. The average molecular weight is 190 g/mol. The summed E-state index contributed by atoms with van der Waals surface area (Å²) in [5, 5.41) is 0. The molecule has 0 spiro atoms. The monoisotopic (exact) mass is 190 g/mol. The van der Waals surface area contributed by atoms with Gasteiger partial charge in [0, 0.05) is 0 Å². The second-order valence-electron chi connectivity index (χ2n) is 2.14. The molecular formula is C6H5FNO3S-. The van der Waals surface area contributed by atoms with Gasteiger partial charge in [-0.05, 0) is 18.2 Å². The predicted molar refractivity (Wildman–Crippen MR) is 38.8 cm³/mol. The Kier molecular flexibility index (Phi) is 2.03. The van der Waals surface area contributed by atoms with E-state index < -0.39 is 20.8 Å². The number of nitrogens with two attached hydrogens (primary N) is 1. The molecule has 1 rings (SSSR count). The van der Waals surface area contributed by atoms with E-state index in [-0.39, 0.29) is 5.69 Å². The highest BCUT2D eigenvalue weighted by Crippen LogP contribution is 2.15. The minimum Gasteiger partial charge on any atom is -0.744 e. The van der Waals surface area contributed by atoms with Gasteiger partial charge in [-0.2, -0.15) is 0 Å². The predicted octanol–water partition coefficient (Wildman–Crippen LogP) is 0.312. The molecule has 0 atom stereocenters. The SMILES string of the molecule is Nc1ccc(S(=O)(=O)[O-])cc1F. The number of benzene rings is 1. The summed E-state index contributed by atoms with van der Waals surface area (Å²) in [7, 11) is -4.59. The molecule has 4 nitrogen and oxygen atoms in total. The van der Waals surface area contributed by atoms with Crippen molar-refractivity contribution in [2.75, 3.05) is 5.73 Å². The molecule has 2 N–H and O–H groups in total. The molecule has 0 fully saturated rings. The third-order valence-corrected chi connectivity index (χ3v) is 2.09. The van der Waals surface area contributed by atoms with Crippen LogP contribution in [-0.4, -0.2) is 13.0 Å². The summed E-state index contributed by atoms with van der Waals surface area (Å²) < 4.78 is 43.6. The summed E-state index contributed by atoms with van der Waals surface area (Å²) in [6.07, 6.45) is 0. The van der Waals surface area contributed by atoms with E-state index >= 15 is 0 Å². The number of nitrogen functional groups attached to an aromatic ring is 1. The van der Waals surface area contributed by atoms with Crippen LogP contribution in [0.4, 0.5) is 10.1 Å². The van der Waals surface area contributed by atoms with Crippen molar-refractivity contribution in [2.24, 2.45) is 0 Å². The van der Waals surface area contributed by atoms with Gasteiger partial charge in [0.25, 0.3) is 0 Å². The molecular weight excluding hydrogens is 185 g/mol. The van der Waals surface area contributed by atoms with Gasteiger partial charge < -0.3 is 10.3 Å². The van der Waals surface area contributed by atoms with Crippen LogP contribution in [-0.2, 0) is 10.1 Å². The highest BCUT2D eigenvalue weighted by molar-refractivity contribution is 7.85. The lowest BCUT2D eigenvalue weighted by atomic mass is 10.3. The van der Waals surface area contributed by atoms with E-state index in [9.17, 15) is 17.4 Å². The van der Waals surface area contributed by atoms with Crippen molar-refractivity contribution in [1.82, 2.24) is 0 Å². The normalized spacial score (nSPS) is 11.5. The summed E-state index contributed by atoms with van der Waals surface area (Å²) in [6, 6.07) is 2.58. The highest BCUT2D eigenvalue weighted by Gasteiger charge is 2.04. The Bertz CT molecular complexity index is 401. The maximum absolute atomic E-state index is 12.6. The van der Waals surface area contributed by atoms with Gasteiger partial charge in [-0.3, -0.25) is 0 Å². The first-order valence-corrected chi connectivity index (χ1v) is 4.33. The van der Waals surface area contributed by atoms with Gasteiger partial charge in [0.1, 0.15) is 15.9 Å². The quantitative estimate of drug-likeness (QED) is 0.510. The lowest BCUT2D eigenvalue weighted by Gasteiger charge is -2.06. The summed E-state index contributed by atoms with van der Waals surface area (Å²) in [6.45, 7) is 0. The largest absolute Gasteiger partial charge is 0.744 e. The lowest BCUT2D eigenvalue weighted by molar-refractivity contribution is 0.462. The standard InChI is InChI=1S/C6H6FNO3S/c7-5-3-4(12(9,10)11)1-2-6(5)8/h1-3H,8H2,(H,9,10,11)/p-1. The molecule has 0 aliphatic heterocycles. The number of hydrogen-bond donors (Lipinski definition) is 1. The maximum atomic E-state index is 12.6. The van der Waals surface area contributed by atoms with Crippen LogP contribution in [0.1, 0.15) is 0 Å². The van der Waals surface area contributed by atoms with Gasteiger partial charge in [0.2, 0.25) is 0 Å². The Balaban J connectivity index is 3.33. The van der Waals surface area contributed by atoms with Crippen molar-refractivity contribution >= 4 is 15.8 Å². The van der Waals surface area contributed by atoms with Crippen LogP contribution in [0.15, 0.2) is 23.1 Å². The molecule has 0 saturated heterocycles. The third kappa shape index (κ3) is 1.72. The van der Waals surface area contributed by atoms with E-state index in [4.69, 9.17) is 5.73 Å². The van der Waals surface area contributed by atoms with E-state index in [2.05, 4.69) is 0 Å². The number of rotatable bonds is 1. The highest BCUT2D eigenvalue weighted by atomic mass is 32.2. The summed E-state index contributed by atoms with van der Waals surface area (Å²) >= 11 is 0. The molecule has 0 aliphatic rings. The number of hydrogen-bond acceptors (Lipinski definition) is 4. The van der Waals surface area contributed by atoms with Crippen LogP contribution in [0.25, 0.3) is 0 Å². The van der Waals surface area contributed by atoms with Gasteiger partial charge in [-0.1, -0.05) is 0 Å². The molecule has 0 bridgehead atoms. The van der Waals surface area contributed by atoms with E-state index in [1.165, 1.54) is 0 Å². The fourth-order valence-electron chi connectivity index (χ4n) is 0.663. The molecule has 0 saturated carbocycles. The third-order valence-electron chi connectivity index (χ3n) is 1.26. The number of halogens is 1. The summed E-state index contributed by atoms with van der Waals surface area (Å²) in [4.78, 5) is -0.616. The average Bonchev–Trinajstić information content (AvgIpc) is 1.92. The zero-order valence-electron chi connectivity index (χ0n) is 5.82. The van der Waals surface area contributed by atoms with Crippen LogP contribution in [0.2, 0.25) is 0 Å². The molecule has 0 aliphatic carbocycles. The molecule has 12 heavy (non-hydrogen) atoms. The van der Waals surface area contributed by atoms with Crippen molar-refractivity contribution in [3.8, 4) is 0 Å². The van der Waals surface area contributed by atoms with E-state index in [1.54, 1.807) is 0 Å². The van der Waals surface area contributed by atoms with E-state index in [0.717, 1.165) is 12.1 Å². The molecule has 66 valence electrons. The first kappa shape index (κ1) is 8.95. The summed E-state index contributed by atoms with van der Waals surface area (Å²) in [5.41, 5.74) is 4.87. The Hall–Kier alpha value is -1.14. The minimum absolute atomic E-state index is 0.192. The van der Waals surface area contributed by atoms with Crippen LogP contribution in [0.3, 0.4) is 0 Å². The zero-order chi connectivity index (χ0) is 9.35. The Labute approximate surface area is 68.6 Å². The van der Waals surface area contributed by atoms with Gasteiger partial charge in [0.05, 0.1) is 10.6 Å².